The SMILES string of the molecule is CCOC(=O)C1=C(C)N=c2s/c(=C\c3ccc(OCc4ccccc4)c(Br)c3)c(=O)n2[C@@H]1c1ccc(Br)cc1. The highest BCUT2D eigenvalue weighted by Gasteiger charge is 2.33. The van der Waals surface area contributed by atoms with E-state index in [1.165, 1.54) is 11.3 Å². The van der Waals surface area contributed by atoms with E-state index in [0.717, 1.165) is 25.6 Å². The zero-order chi connectivity index (χ0) is 27.5. The third-order valence-corrected chi connectivity index (χ3v) is 8.32. The summed E-state index contributed by atoms with van der Waals surface area (Å²) in [6.45, 7) is 4.22. The topological polar surface area (TPSA) is 69.9 Å². The number of rotatable bonds is 7. The molecule has 39 heavy (non-hydrogen) atoms. The molecular formula is C30H24Br2N2O4S. The van der Waals surface area contributed by atoms with Crippen molar-refractivity contribution in [3.63, 3.8) is 0 Å². The highest BCUT2D eigenvalue weighted by molar-refractivity contribution is 9.10. The van der Waals surface area contributed by atoms with Crippen LogP contribution in [0.1, 0.15) is 36.6 Å². The molecule has 0 aliphatic carbocycles. The first-order valence-electron chi connectivity index (χ1n) is 12.3. The van der Waals surface area contributed by atoms with Crippen LogP contribution in [0.25, 0.3) is 6.08 Å². The number of esters is 1. The summed E-state index contributed by atoms with van der Waals surface area (Å²) in [6, 6.07) is 22.6. The molecule has 0 saturated carbocycles. The van der Waals surface area contributed by atoms with Crippen molar-refractivity contribution < 1.29 is 14.3 Å². The Morgan fingerprint density at radius 1 is 1.08 bits per heavy atom. The van der Waals surface area contributed by atoms with E-state index in [-0.39, 0.29) is 12.2 Å². The fraction of sp³-hybridized carbons (Fsp3) is 0.167. The molecule has 198 valence electrons. The van der Waals surface area contributed by atoms with Crippen LogP contribution < -0.4 is 19.6 Å². The third-order valence-electron chi connectivity index (χ3n) is 6.19. The van der Waals surface area contributed by atoms with Crippen LogP contribution in [-0.2, 0) is 16.1 Å². The Bertz CT molecular complexity index is 1740. The molecule has 0 saturated heterocycles. The summed E-state index contributed by atoms with van der Waals surface area (Å²) in [4.78, 5) is 31.9. The molecule has 0 spiro atoms. The van der Waals surface area contributed by atoms with Gasteiger partial charge in [-0.1, -0.05) is 75.8 Å². The number of carbonyl (C=O) groups is 1. The van der Waals surface area contributed by atoms with Crippen LogP contribution in [0.4, 0.5) is 0 Å². The van der Waals surface area contributed by atoms with Crippen LogP contribution in [0.5, 0.6) is 5.75 Å². The minimum Gasteiger partial charge on any atom is -0.488 e. The number of aromatic nitrogens is 1. The summed E-state index contributed by atoms with van der Waals surface area (Å²) >= 11 is 8.35. The van der Waals surface area contributed by atoms with Gasteiger partial charge in [0, 0.05) is 4.47 Å². The van der Waals surface area contributed by atoms with Crippen molar-refractivity contribution in [3.8, 4) is 5.75 Å². The Hall–Kier alpha value is -3.27. The Morgan fingerprint density at radius 2 is 1.82 bits per heavy atom. The van der Waals surface area contributed by atoms with Gasteiger partial charge in [-0.25, -0.2) is 9.79 Å². The number of hydrogen-bond donors (Lipinski definition) is 0. The fourth-order valence-electron chi connectivity index (χ4n) is 4.36. The normalized spacial score (nSPS) is 15.1. The summed E-state index contributed by atoms with van der Waals surface area (Å²) in [5.41, 5.74) is 3.39. The monoisotopic (exact) mass is 666 g/mol. The molecule has 0 bridgehead atoms. The lowest BCUT2D eigenvalue weighted by molar-refractivity contribution is -0.139. The highest BCUT2D eigenvalue weighted by atomic mass is 79.9. The predicted molar refractivity (Wildman–Crippen MR) is 159 cm³/mol. The van der Waals surface area contributed by atoms with Gasteiger partial charge in [-0.15, -0.1) is 0 Å². The zero-order valence-electron chi connectivity index (χ0n) is 21.2. The van der Waals surface area contributed by atoms with Gasteiger partial charge in [0.25, 0.3) is 5.56 Å². The van der Waals surface area contributed by atoms with E-state index < -0.39 is 12.0 Å². The molecule has 2 heterocycles. The van der Waals surface area contributed by atoms with Gasteiger partial charge in [-0.2, -0.15) is 0 Å². The van der Waals surface area contributed by atoms with E-state index in [2.05, 4.69) is 36.9 Å². The van der Waals surface area contributed by atoms with Crippen LogP contribution in [0.15, 0.2) is 103 Å². The largest absolute Gasteiger partial charge is 0.488 e. The number of allylic oxidation sites excluding steroid dienone is 1. The average Bonchev–Trinajstić information content (AvgIpc) is 3.22. The molecule has 0 fully saturated rings. The zero-order valence-corrected chi connectivity index (χ0v) is 25.2. The maximum absolute atomic E-state index is 13.8. The molecule has 1 aliphatic rings. The standard InChI is InChI=1S/C30H24Br2N2O4S/c1-3-37-29(36)26-18(2)33-30-34(27(26)21-10-12-22(31)13-11-21)28(35)25(39-30)16-20-9-14-24(23(32)15-20)38-17-19-7-5-4-6-8-19/h4-16,27H,3,17H2,1-2H3/b25-16-/t27-/m1/s1. The molecule has 0 N–H and O–H groups in total. The highest BCUT2D eigenvalue weighted by Crippen LogP contribution is 2.31. The molecule has 4 aromatic rings. The van der Waals surface area contributed by atoms with Crippen LogP contribution >= 0.6 is 43.2 Å². The first-order valence-corrected chi connectivity index (χ1v) is 14.7. The predicted octanol–water partition coefficient (Wildman–Crippen LogP) is 5.90. The van der Waals surface area contributed by atoms with Gasteiger partial charge in [0.05, 0.1) is 32.9 Å². The lowest BCUT2D eigenvalue weighted by atomic mass is 9.96. The summed E-state index contributed by atoms with van der Waals surface area (Å²) in [5.74, 6) is 0.235. The fourth-order valence-corrected chi connectivity index (χ4v) is 6.18. The second kappa shape index (κ2) is 11.9. The first kappa shape index (κ1) is 27.3. The van der Waals surface area contributed by atoms with Gasteiger partial charge in [-0.3, -0.25) is 9.36 Å². The Kier molecular flexibility index (Phi) is 8.30. The molecule has 1 aliphatic heterocycles. The van der Waals surface area contributed by atoms with Crippen LogP contribution in [0.2, 0.25) is 0 Å². The maximum Gasteiger partial charge on any atom is 0.338 e. The lowest BCUT2D eigenvalue weighted by Crippen LogP contribution is -2.39. The smallest absolute Gasteiger partial charge is 0.338 e. The van der Waals surface area contributed by atoms with E-state index in [4.69, 9.17) is 9.47 Å². The molecule has 1 aromatic heterocycles. The number of halogens is 2. The minimum absolute atomic E-state index is 0.221. The molecule has 0 amide bonds. The Balaban J connectivity index is 1.53. The number of ether oxygens (including phenoxy) is 2. The van der Waals surface area contributed by atoms with Gasteiger partial charge in [-0.05, 0) is 76.8 Å². The van der Waals surface area contributed by atoms with E-state index in [1.54, 1.807) is 18.4 Å². The van der Waals surface area contributed by atoms with Crippen molar-refractivity contribution in [2.24, 2.45) is 4.99 Å². The Morgan fingerprint density at radius 3 is 2.51 bits per heavy atom. The molecule has 0 radical (unpaired) electrons. The van der Waals surface area contributed by atoms with E-state index in [1.807, 2.05) is 78.9 Å². The van der Waals surface area contributed by atoms with Gasteiger partial charge < -0.3 is 9.47 Å². The molecular weight excluding hydrogens is 644 g/mol. The number of fused-ring (bicyclic) bond motifs is 1. The van der Waals surface area contributed by atoms with Gasteiger partial charge in [0.1, 0.15) is 12.4 Å². The quantitative estimate of drug-likeness (QED) is 0.230. The van der Waals surface area contributed by atoms with Crippen LogP contribution in [-0.4, -0.2) is 17.1 Å². The average molecular weight is 668 g/mol. The lowest BCUT2D eigenvalue weighted by Gasteiger charge is -2.24. The summed E-state index contributed by atoms with van der Waals surface area (Å²) in [6.07, 6.45) is 1.83. The van der Waals surface area contributed by atoms with Crippen LogP contribution in [0.3, 0.4) is 0 Å². The van der Waals surface area contributed by atoms with Crippen molar-refractivity contribution in [1.82, 2.24) is 4.57 Å². The van der Waals surface area contributed by atoms with Gasteiger partial charge in [0.15, 0.2) is 4.80 Å². The molecule has 0 unspecified atom stereocenters. The first-order chi connectivity index (χ1) is 18.9. The van der Waals surface area contributed by atoms with E-state index in [9.17, 15) is 9.59 Å². The second-order valence-electron chi connectivity index (χ2n) is 8.82. The number of benzene rings is 3. The number of hydrogen-bond acceptors (Lipinski definition) is 6. The molecule has 9 heteroatoms. The van der Waals surface area contributed by atoms with Gasteiger partial charge >= 0.3 is 5.97 Å². The Labute approximate surface area is 246 Å². The number of nitrogens with zero attached hydrogens (tertiary/aromatic N) is 2. The van der Waals surface area contributed by atoms with Crippen molar-refractivity contribution >= 4 is 55.2 Å². The summed E-state index contributed by atoms with van der Waals surface area (Å²) < 4.78 is 15.1. The van der Waals surface area contributed by atoms with Crippen molar-refractivity contribution in [3.05, 3.63) is 129 Å². The third kappa shape index (κ3) is 5.85. The number of carbonyl (C=O) groups excluding carboxylic acids is 1. The van der Waals surface area contributed by atoms with E-state index >= 15 is 0 Å². The molecule has 5 rings (SSSR count). The van der Waals surface area contributed by atoms with Crippen molar-refractivity contribution in [1.29, 1.82) is 0 Å². The van der Waals surface area contributed by atoms with E-state index in [0.29, 0.717) is 33.0 Å². The molecule has 3 aromatic carbocycles. The minimum atomic E-state index is -0.643. The molecule has 1 atom stereocenters. The van der Waals surface area contributed by atoms with Gasteiger partial charge in [0.2, 0.25) is 0 Å². The van der Waals surface area contributed by atoms with Crippen LogP contribution in [0, 0.1) is 0 Å². The molecule has 6 nitrogen and oxygen atoms in total. The summed E-state index contributed by atoms with van der Waals surface area (Å²) in [5, 5.41) is 0. The number of thiazole rings is 1. The maximum atomic E-state index is 13.8. The second-order valence-corrected chi connectivity index (χ2v) is 11.6. The van der Waals surface area contributed by atoms with Crippen molar-refractivity contribution in [2.75, 3.05) is 6.61 Å². The van der Waals surface area contributed by atoms with Crippen molar-refractivity contribution in [2.45, 2.75) is 26.5 Å². The summed E-state index contributed by atoms with van der Waals surface area (Å²) in [7, 11) is 0.